The van der Waals surface area contributed by atoms with Gasteiger partial charge in [-0.15, -0.1) is 0 Å². The standard InChI is InChI=1S/C21H22ClN3O3/c22-21-18-5-1-2-6-19(18)23-25(21)15-7-9-17(10-8-15)28-14-16-4-3-12-24(16)13-11-20(26)27/h1-2,5-10,16H,3-4,11-14H2,(H,26,27). The molecule has 6 nitrogen and oxygen atoms in total. The summed E-state index contributed by atoms with van der Waals surface area (Å²) in [6, 6.07) is 15.7. The van der Waals surface area contributed by atoms with E-state index in [1.54, 1.807) is 4.68 Å². The number of carbonyl (C=O) groups is 1. The Kier molecular flexibility index (Phi) is 5.50. The number of carboxylic acid groups (broad SMARTS) is 1. The molecule has 146 valence electrons. The smallest absolute Gasteiger partial charge is 0.304 e. The van der Waals surface area contributed by atoms with Crippen molar-refractivity contribution in [1.82, 2.24) is 14.7 Å². The number of carboxylic acids is 1. The van der Waals surface area contributed by atoms with Gasteiger partial charge in [-0.05, 0) is 55.8 Å². The first-order chi connectivity index (χ1) is 13.6. The number of halogens is 1. The summed E-state index contributed by atoms with van der Waals surface area (Å²) in [5.41, 5.74) is 1.73. The van der Waals surface area contributed by atoms with E-state index in [0.717, 1.165) is 41.7 Å². The van der Waals surface area contributed by atoms with Crippen molar-refractivity contribution in [1.29, 1.82) is 0 Å². The second-order valence-corrected chi connectivity index (χ2v) is 7.36. The molecule has 2 aromatic carbocycles. The van der Waals surface area contributed by atoms with E-state index < -0.39 is 5.97 Å². The molecule has 4 rings (SSSR count). The number of hydrogen-bond acceptors (Lipinski definition) is 4. The molecule has 0 bridgehead atoms. The van der Waals surface area contributed by atoms with Gasteiger partial charge in [0.25, 0.3) is 0 Å². The second-order valence-electron chi connectivity index (χ2n) is 7.00. The van der Waals surface area contributed by atoms with Crippen LogP contribution in [0, 0.1) is 0 Å². The van der Waals surface area contributed by atoms with E-state index in [4.69, 9.17) is 21.4 Å². The molecular formula is C21H22ClN3O3. The molecule has 1 N–H and O–H groups in total. The minimum Gasteiger partial charge on any atom is -0.492 e. The summed E-state index contributed by atoms with van der Waals surface area (Å²) < 4.78 is 7.68. The lowest BCUT2D eigenvalue weighted by molar-refractivity contribution is -0.137. The fourth-order valence-electron chi connectivity index (χ4n) is 3.67. The maximum Gasteiger partial charge on any atom is 0.304 e. The Balaban J connectivity index is 1.41. The minimum absolute atomic E-state index is 0.171. The van der Waals surface area contributed by atoms with Gasteiger partial charge in [0.15, 0.2) is 0 Å². The largest absolute Gasteiger partial charge is 0.492 e. The Bertz CT molecular complexity index is 971. The van der Waals surface area contributed by atoms with Crippen molar-refractivity contribution < 1.29 is 14.6 Å². The first kappa shape index (κ1) is 18.8. The lowest BCUT2D eigenvalue weighted by Crippen LogP contribution is -2.35. The van der Waals surface area contributed by atoms with Crippen LogP contribution in [0.25, 0.3) is 16.6 Å². The van der Waals surface area contributed by atoms with Crippen LogP contribution < -0.4 is 4.74 Å². The van der Waals surface area contributed by atoms with Gasteiger partial charge >= 0.3 is 5.97 Å². The van der Waals surface area contributed by atoms with Crippen LogP contribution in [0.3, 0.4) is 0 Å². The third-order valence-corrected chi connectivity index (χ3v) is 5.52. The molecule has 1 aliphatic rings. The molecule has 3 aromatic rings. The van der Waals surface area contributed by atoms with Crippen molar-refractivity contribution in [3.63, 3.8) is 0 Å². The Morgan fingerprint density at radius 1 is 1.21 bits per heavy atom. The van der Waals surface area contributed by atoms with Gasteiger partial charge in [-0.3, -0.25) is 9.69 Å². The third kappa shape index (κ3) is 3.98. The van der Waals surface area contributed by atoms with Gasteiger partial charge in [0.2, 0.25) is 0 Å². The highest BCUT2D eigenvalue weighted by Gasteiger charge is 2.25. The molecule has 0 saturated carbocycles. The van der Waals surface area contributed by atoms with Gasteiger partial charge in [0.05, 0.1) is 17.6 Å². The molecule has 0 aliphatic carbocycles. The van der Waals surface area contributed by atoms with Crippen molar-refractivity contribution in [3.8, 4) is 11.4 Å². The number of ether oxygens (including phenoxy) is 1. The number of rotatable bonds is 7. The van der Waals surface area contributed by atoms with Gasteiger partial charge in [0.1, 0.15) is 17.5 Å². The maximum absolute atomic E-state index is 10.8. The van der Waals surface area contributed by atoms with Crippen molar-refractivity contribution in [2.45, 2.75) is 25.3 Å². The summed E-state index contributed by atoms with van der Waals surface area (Å²) in [5, 5.41) is 14.9. The first-order valence-electron chi connectivity index (χ1n) is 9.44. The van der Waals surface area contributed by atoms with Crippen LogP contribution in [0.5, 0.6) is 5.75 Å². The number of benzene rings is 2. The van der Waals surface area contributed by atoms with Crippen molar-refractivity contribution >= 4 is 28.5 Å². The Labute approximate surface area is 168 Å². The Hall–Kier alpha value is -2.57. The van der Waals surface area contributed by atoms with E-state index in [2.05, 4.69) is 10.00 Å². The molecule has 1 aliphatic heterocycles. The van der Waals surface area contributed by atoms with Crippen LogP contribution in [-0.2, 0) is 4.79 Å². The van der Waals surface area contributed by atoms with E-state index in [0.29, 0.717) is 18.3 Å². The molecule has 1 unspecified atom stereocenters. The summed E-state index contributed by atoms with van der Waals surface area (Å²) >= 11 is 6.47. The number of likely N-dealkylation sites (tertiary alicyclic amines) is 1. The van der Waals surface area contributed by atoms with E-state index in [1.165, 1.54) is 0 Å². The topological polar surface area (TPSA) is 67.6 Å². The van der Waals surface area contributed by atoms with E-state index >= 15 is 0 Å². The zero-order valence-corrected chi connectivity index (χ0v) is 16.2. The molecule has 7 heteroatoms. The fraction of sp³-hybridized carbons (Fsp3) is 0.333. The van der Waals surface area contributed by atoms with E-state index in [9.17, 15) is 4.79 Å². The predicted molar refractivity (Wildman–Crippen MR) is 108 cm³/mol. The van der Waals surface area contributed by atoms with Crippen molar-refractivity contribution in [3.05, 3.63) is 53.7 Å². The van der Waals surface area contributed by atoms with Crippen LogP contribution in [0.1, 0.15) is 19.3 Å². The molecule has 1 fully saturated rings. The lowest BCUT2D eigenvalue weighted by Gasteiger charge is -2.23. The first-order valence-corrected chi connectivity index (χ1v) is 9.82. The highest BCUT2D eigenvalue weighted by atomic mass is 35.5. The van der Waals surface area contributed by atoms with Crippen molar-refractivity contribution in [2.75, 3.05) is 19.7 Å². The summed E-state index contributed by atoms with van der Waals surface area (Å²) in [5.74, 6) is 0.0220. The molecule has 0 radical (unpaired) electrons. The highest BCUT2D eigenvalue weighted by molar-refractivity contribution is 6.34. The van der Waals surface area contributed by atoms with Crippen LogP contribution in [-0.4, -0.2) is 51.5 Å². The van der Waals surface area contributed by atoms with Gasteiger partial charge in [-0.1, -0.05) is 23.7 Å². The average molecular weight is 400 g/mol. The average Bonchev–Trinajstić information content (AvgIpc) is 3.29. The number of fused-ring (bicyclic) bond motifs is 1. The fourth-order valence-corrected chi connectivity index (χ4v) is 3.96. The molecule has 2 heterocycles. The zero-order valence-electron chi connectivity index (χ0n) is 15.4. The Morgan fingerprint density at radius 3 is 2.75 bits per heavy atom. The second kappa shape index (κ2) is 8.20. The van der Waals surface area contributed by atoms with E-state index in [1.807, 2.05) is 48.5 Å². The normalized spacial score (nSPS) is 17.2. The number of aliphatic carboxylic acids is 1. The summed E-state index contributed by atoms with van der Waals surface area (Å²) in [6.07, 6.45) is 2.29. The molecule has 1 aromatic heterocycles. The number of hydrogen-bond donors (Lipinski definition) is 1. The van der Waals surface area contributed by atoms with Gasteiger partial charge in [-0.25, -0.2) is 4.68 Å². The van der Waals surface area contributed by atoms with Crippen LogP contribution in [0.15, 0.2) is 48.5 Å². The Morgan fingerprint density at radius 2 is 2.00 bits per heavy atom. The van der Waals surface area contributed by atoms with Gasteiger partial charge in [-0.2, -0.15) is 5.10 Å². The maximum atomic E-state index is 10.8. The predicted octanol–water partition coefficient (Wildman–Crippen LogP) is 4.00. The summed E-state index contributed by atoms with van der Waals surface area (Å²) in [7, 11) is 0. The van der Waals surface area contributed by atoms with Crippen LogP contribution >= 0.6 is 11.6 Å². The van der Waals surface area contributed by atoms with Gasteiger partial charge < -0.3 is 9.84 Å². The quantitative estimate of drug-likeness (QED) is 0.650. The molecule has 0 amide bonds. The molecule has 28 heavy (non-hydrogen) atoms. The monoisotopic (exact) mass is 399 g/mol. The van der Waals surface area contributed by atoms with Gasteiger partial charge in [0, 0.05) is 18.0 Å². The molecule has 1 saturated heterocycles. The zero-order chi connectivity index (χ0) is 19.5. The lowest BCUT2D eigenvalue weighted by atomic mass is 10.2. The van der Waals surface area contributed by atoms with Crippen LogP contribution in [0.2, 0.25) is 5.15 Å². The van der Waals surface area contributed by atoms with Crippen molar-refractivity contribution in [2.24, 2.45) is 0 Å². The number of aromatic nitrogens is 2. The SMILES string of the molecule is O=C(O)CCN1CCCC1COc1ccc(-n2nc3ccccc3c2Cl)cc1. The number of nitrogens with zero attached hydrogens (tertiary/aromatic N) is 3. The minimum atomic E-state index is -0.757. The molecule has 1 atom stereocenters. The molecule has 0 spiro atoms. The highest BCUT2D eigenvalue weighted by Crippen LogP contribution is 2.27. The summed E-state index contributed by atoms with van der Waals surface area (Å²) in [6.45, 7) is 2.07. The van der Waals surface area contributed by atoms with Crippen LogP contribution in [0.4, 0.5) is 0 Å². The van der Waals surface area contributed by atoms with E-state index in [-0.39, 0.29) is 12.5 Å². The third-order valence-electron chi connectivity index (χ3n) is 5.16. The molecular weight excluding hydrogens is 378 g/mol. The summed E-state index contributed by atoms with van der Waals surface area (Å²) in [4.78, 5) is 13.0.